The number of nitrogens with zero attached hydrogens (tertiary/aromatic N) is 3. The average Bonchev–Trinajstić information content (AvgIpc) is 2.56. The van der Waals surface area contributed by atoms with Crippen LogP contribution in [0.1, 0.15) is 46.0 Å². The van der Waals surface area contributed by atoms with E-state index in [0.29, 0.717) is 18.2 Å². The summed E-state index contributed by atoms with van der Waals surface area (Å²) in [7, 11) is 0. The van der Waals surface area contributed by atoms with Crippen molar-refractivity contribution in [3.63, 3.8) is 0 Å². The number of pyridine rings is 1. The zero-order valence-electron chi connectivity index (χ0n) is 14.8. The van der Waals surface area contributed by atoms with Crippen LogP contribution in [-0.2, 0) is 4.79 Å². The minimum absolute atomic E-state index is 0.0904. The zero-order valence-corrected chi connectivity index (χ0v) is 14.8. The highest BCUT2D eigenvalue weighted by Crippen LogP contribution is 2.40. The second-order valence-corrected chi connectivity index (χ2v) is 7.83. The molecule has 1 unspecified atom stereocenters. The first-order valence-corrected chi connectivity index (χ1v) is 9.12. The van der Waals surface area contributed by atoms with Gasteiger partial charge in [-0.25, -0.2) is 9.37 Å². The van der Waals surface area contributed by atoms with E-state index < -0.39 is 0 Å². The molecule has 1 atom stereocenters. The van der Waals surface area contributed by atoms with Crippen molar-refractivity contribution in [3.05, 3.63) is 24.1 Å². The summed E-state index contributed by atoms with van der Waals surface area (Å²) < 4.78 is 14.1. The summed E-state index contributed by atoms with van der Waals surface area (Å²) >= 11 is 0. The van der Waals surface area contributed by atoms with Crippen LogP contribution in [0.25, 0.3) is 0 Å². The van der Waals surface area contributed by atoms with Crippen molar-refractivity contribution < 1.29 is 9.18 Å². The number of amides is 1. The number of hydrogen-bond donors (Lipinski definition) is 0. The number of rotatable bonds is 4. The van der Waals surface area contributed by atoms with E-state index in [1.807, 2.05) is 4.90 Å². The normalized spacial score (nSPS) is 24.9. The molecule has 0 radical (unpaired) electrons. The van der Waals surface area contributed by atoms with Crippen LogP contribution in [0, 0.1) is 17.2 Å². The Morgan fingerprint density at radius 2 is 2.17 bits per heavy atom. The first-order chi connectivity index (χ1) is 11.5. The molecule has 1 aromatic heterocycles. The first kappa shape index (κ1) is 17.2. The summed E-state index contributed by atoms with van der Waals surface area (Å²) in [6.45, 7) is 7.68. The van der Waals surface area contributed by atoms with E-state index in [1.165, 1.54) is 6.07 Å². The van der Waals surface area contributed by atoms with Crippen molar-refractivity contribution in [2.45, 2.75) is 46.0 Å². The summed E-state index contributed by atoms with van der Waals surface area (Å²) in [4.78, 5) is 20.6. The van der Waals surface area contributed by atoms with Gasteiger partial charge in [0.2, 0.25) is 5.91 Å². The van der Waals surface area contributed by atoms with Gasteiger partial charge in [0.05, 0.1) is 0 Å². The van der Waals surface area contributed by atoms with Gasteiger partial charge in [-0.3, -0.25) is 4.79 Å². The number of hydrogen-bond acceptors (Lipinski definition) is 3. The Bertz CT molecular complexity index is 592. The SMILES string of the molecule is CC(C)CCN1CC2(CCCN(c3ncccc3F)C2)CCC1=O. The molecule has 5 heteroatoms. The van der Waals surface area contributed by atoms with Gasteiger partial charge in [-0.05, 0) is 43.7 Å². The minimum Gasteiger partial charge on any atom is -0.354 e. The molecule has 3 heterocycles. The fourth-order valence-electron chi connectivity index (χ4n) is 4.05. The van der Waals surface area contributed by atoms with Crippen LogP contribution in [0.5, 0.6) is 0 Å². The fraction of sp³-hybridized carbons (Fsp3) is 0.684. The lowest BCUT2D eigenvalue weighted by Gasteiger charge is -2.48. The second kappa shape index (κ2) is 7.08. The van der Waals surface area contributed by atoms with Crippen LogP contribution in [-0.4, -0.2) is 42.0 Å². The molecular weight excluding hydrogens is 305 g/mol. The molecular formula is C19H28FN3O. The average molecular weight is 333 g/mol. The van der Waals surface area contributed by atoms with Crippen molar-refractivity contribution in [1.82, 2.24) is 9.88 Å². The summed E-state index contributed by atoms with van der Waals surface area (Å²) in [6.07, 6.45) is 6.37. The van der Waals surface area contributed by atoms with Crippen molar-refractivity contribution in [1.29, 1.82) is 0 Å². The van der Waals surface area contributed by atoms with E-state index in [9.17, 15) is 9.18 Å². The molecule has 0 aromatic carbocycles. The van der Waals surface area contributed by atoms with Crippen LogP contribution >= 0.6 is 0 Å². The van der Waals surface area contributed by atoms with Gasteiger partial charge < -0.3 is 9.80 Å². The molecule has 1 aromatic rings. The van der Waals surface area contributed by atoms with Crippen LogP contribution in [0.4, 0.5) is 10.2 Å². The molecule has 0 aliphatic carbocycles. The third-order valence-corrected chi connectivity index (χ3v) is 5.42. The molecule has 3 rings (SSSR count). The van der Waals surface area contributed by atoms with Crippen LogP contribution < -0.4 is 4.90 Å². The molecule has 2 fully saturated rings. The van der Waals surface area contributed by atoms with Crippen LogP contribution in [0.15, 0.2) is 18.3 Å². The van der Waals surface area contributed by atoms with Gasteiger partial charge in [0, 0.05) is 44.2 Å². The van der Waals surface area contributed by atoms with Gasteiger partial charge in [-0.1, -0.05) is 13.8 Å². The number of halogens is 1. The van der Waals surface area contributed by atoms with Gasteiger partial charge in [0.25, 0.3) is 0 Å². The summed E-state index contributed by atoms with van der Waals surface area (Å²) in [5.74, 6) is 1.09. The fourth-order valence-corrected chi connectivity index (χ4v) is 4.05. The second-order valence-electron chi connectivity index (χ2n) is 7.83. The maximum atomic E-state index is 14.1. The Morgan fingerprint density at radius 1 is 1.33 bits per heavy atom. The summed E-state index contributed by atoms with van der Waals surface area (Å²) in [5.41, 5.74) is 0.0904. The summed E-state index contributed by atoms with van der Waals surface area (Å²) in [5, 5.41) is 0. The molecule has 2 saturated heterocycles. The molecule has 0 saturated carbocycles. The molecule has 0 bridgehead atoms. The van der Waals surface area contributed by atoms with Crippen molar-refractivity contribution >= 4 is 11.7 Å². The largest absolute Gasteiger partial charge is 0.354 e. The van der Waals surface area contributed by atoms with Crippen LogP contribution in [0.3, 0.4) is 0 Å². The maximum Gasteiger partial charge on any atom is 0.222 e. The van der Waals surface area contributed by atoms with E-state index in [4.69, 9.17) is 0 Å². The highest BCUT2D eigenvalue weighted by Gasteiger charge is 2.42. The lowest BCUT2D eigenvalue weighted by molar-refractivity contribution is -0.138. The Balaban J connectivity index is 1.72. The lowest BCUT2D eigenvalue weighted by Crippen LogP contribution is -2.54. The Morgan fingerprint density at radius 3 is 2.92 bits per heavy atom. The molecule has 1 amide bonds. The van der Waals surface area contributed by atoms with Gasteiger partial charge in [-0.2, -0.15) is 0 Å². The predicted molar refractivity (Wildman–Crippen MR) is 93.3 cm³/mol. The molecule has 24 heavy (non-hydrogen) atoms. The quantitative estimate of drug-likeness (QED) is 0.846. The number of carbonyl (C=O) groups excluding carboxylic acids is 1. The molecule has 2 aliphatic rings. The van der Waals surface area contributed by atoms with E-state index in [0.717, 1.165) is 51.9 Å². The molecule has 0 N–H and O–H groups in total. The lowest BCUT2D eigenvalue weighted by atomic mass is 9.73. The van der Waals surface area contributed by atoms with E-state index in [-0.39, 0.29) is 17.1 Å². The van der Waals surface area contributed by atoms with E-state index in [2.05, 4.69) is 23.7 Å². The molecule has 4 nitrogen and oxygen atoms in total. The van der Waals surface area contributed by atoms with Crippen LogP contribution in [0.2, 0.25) is 0 Å². The maximum absolute atomic E-state index is 14.1. The molecule has 132 valence electrons. The Hall–Kier alpha value is -1.65. The number of likely N-dealkylation sites (tertiary alicyclic amines) is 1. The Kier molecular flexibility index (Phi) is 5.07. The van der Waals surface area contributed by atoms with Gasteiger partial charge in [0.15, 0.2) is 11.6 Å². The van der Waals surface area contributed by atoms with E-state index >= 15 is 0 Å². The molecule has 1 spiro atoms. The topological polar surface area (TPSA) is 36.4 Å². The molecule has 2 aliphatic heterocycles. The number of aromatic nitrogens is 1. The number of anilines is 1. The number of carbonyl (C=O) groups is 1. The standard InChI is InChI=1S/C19H28FN3O/c1-15(2)7-12-22-13-19(9-6-17(22)24)8-4-11-23(14-19)18-16(20)5-3-10-21-18/h3,5,10,15H,4,6-9,11-14H2,1-2H3. The van der Waals surface area contributed by atoms with Crippen molar-refractivity contribution in [2.24, 2.45) is 11.3 Å². The predicted octanol–water partition coefficient (Wildman–Crippen LogP) is 3.48. The highest BCUT2D eigenvalue weighted by atomic mass is 19.1. The highest BCUT2D eigenvalue weighted by molar-refractivity contribution is 5.77. The van der Waals surface area contributed by atoms with E-state index in [1.54, 1.807) is 12.3 Å². The van der Waals surface area contributed by atoms with Gasteiger partial charge in [0.1, 0.15) is 0 Å². The third kappa shape index (κ3) is 3.70. The first-order valence-electron chi connectivity index (χ1n) is 9.12. The third-order valence-electron chi connectivity index (χ3n) is 5.42. The smallest absolute Gasteiger partial charge is 0.222 e. The van der Waals surface area contributed by atoms with Crippen molar-refractivity contribution in [2.75, 3.05) is 31.1 Å². The number of piperidine rings is 2. The zero-order chi connectivity index (χ0) is 17.2. The monoisotopic (exact) mass is 333 g/mol. The minimum atomic E-state index is -0.252. The van der Waals surface area contributed by atoms with Crippen molar-refractivity contribution in [3.8, 4) is 0 Å². The van der Waals surface area contributed by atoms with Gasteiger partial charge in [-0.15, -0.1) is 0 Å². The summed E-state index contributed by atoms with van der Waals surface area (Å²) in [6, 6.07) is 3.11. The van der Waals surface area contributed by atoms with Gasteiger partial charge >= 0.3 is 0 Å². The Labute approximate surface area is 144 Å².